The lowest BCUT2D eigenvalue weighted by Gasteiger charge is -2.10. The van der Waals surface area contributed by atoms with Crippen molar-refractivity contribution in [2.45, 2.75) is 13.3 Å². The molecular formula is C16H20N2O. The van der Waals surface area contributed by atoms with Gasteiger partial charge in [0.15, 0.2) is 0 Å². The highest BCUT2D eigenvalue weighted by Crippen LogP contribution is 2.22. The fourth-order valence-corrected chi connectivity index (χ4v) is 2.07. The standard InChI is InChI=1S/C16H20N2O/c1-12-5-3-4-6-13(12)7-8-18-15-9-14(17)10-16(11-15)19-2/h3-6,9-11,18H,7-8,17H2,1-2H3. The summed E-state index contributed by atoms with van der Waals surface area (Å²) in [5.74, 6) is 0.776. The lowest BCUT2D eigenvalue weighted by atomic mass is 10.1. The third-order valence-corrected chi connectivity index (χ3v) is 3.15. The Balaban J connectivity index is 1.96. The summed E-state index contributed by atoms with van der Waals surface area (Å²) in [4.78, 5) is 0. The molecule has 0 aliphatic heterocycles. The maximum atomic E-state index is 5.82. The van der Waals surface area contributed by atoms with Crippen LogP contribution in [0.4, 0.5) is 11.4 Å². The fourth-order valence-electron chi connectivity index (χ4n) is 2.07. The summed E-state index contributed by atoms with van der Waals surface area (Å²) in [6.07, 6.45) is 0.990. The van der Waals surface area contributed by atoms with Gasteiger partial charge in [0.05, 0.1) is 7.11 Å². The van der Waals surface area contributed by atoms with Crippen LogP contribution < -0.4 is 15.8 Å². The third-order valence-electron chi connectivity index (χ3n) is 3.15. The van der Waals surface area contributed by atoms with Crippen molar-refractivity contribution in [3.8, 4) is 5.75 Å². The lowest BCUT2D eigenvalue weighted by Crippen LogP contribution is -2.06. The molecule has 0 aliphatic carbocycles. The summed E-state index contributed by atoms with van der Waals surface area (Å²) in [7, 11) is 1.64. The normalized spacial score (nSPS) is 10.2. The fraction of sp³-hybridized carbons (Fsp3) is 0.250. The van der Waals surface area contributed by atoms with Crippen molar-refractivity contribution in [1.29, 1.82) is 0 Å². The minimum Gasteiger partial charge on any atom is -0.497 e. The molecule has 3 nitrogen and oxygen atoms in total. The Kier molecular flexibility index (Phi) is 4.29. The highest BCUT2D eigenvalue weighted by molar-refractivity contribution is 5.59. The van der Waals surface area contributed by atoms with Crippen molar-refractivity contribution in [3.63, 3.8) is 0 Å². The van der Waals surface area contributed by atoms with Gasteiger partial charge in [-0.25, -0.2) is 0 Å². The molecule has 0 aliphatic rings. The molecule has 0 amide bonds. The number of ether oxygens (including phenoxy) is 1. The summed E-state index contributed by atoms with van der Waals surface area (Å²) in [5, 5.41) is 3.38. The number of rotatable bonds is 5. The van der Waals surface area contributed by atoms with Gasteiger partial charge in [-0.3, -0.25) is 0 Å². The molecule has 100 valence electrons. The van der Waals surface area contributed by atoms with Gasteiger partial charge in [-0.15, -0.1) is 0 Å². The van der Waals surface area contributed by atoms with Gasteiger partial charge in [-0.05, 0) is 30.5 Å². The Morgan fingerprint density at radius 1 is 1.16 bits per heavy atom. The van der Waals surface area contributed by atoms with Crippen LogP contribution in [-0.4, -0.2) is 13.7 Å². The molecule has 0 aromatic heterocycles. The highest BCUT2D eigenvalue weighted by Gasteiger charge is 2.00. The van der Waals surface area contributed by atoms with Crippen LogP contribution in [0.25, 0.3) is 0 Å². The molecule has 0 spiro atoms. The first-order valence-electron chi connectivity index (χ1n) is 6.42. The molecule has 3 heteroatoms. The zero-order chi connectivity index (χ0) is 13.7. The van der Waals surface area contributed by atoms with Gasteiger partial charge in [-0.1, -0.05) is 24.3 Å². The van der Waals surface area contributed by atoms with Crippen molar-refractivity contribution < 1.29 is 4.74 Å². The average molecular weight is 256 g/mol. The van der Waals surface area contributed by atoms with Crippen molar-refractivity contribution in [2.75, 3.05) is 24.7 Å². The van der Waals surface area contributed by atoms with E-state index in [-0.39, 0.29) is 0 Å². The third kappa shape index (κ3) is 3.65. The van der Waals surface area contributed by atoms with Gasteiger partial charge < -0.3 is 15.8 Å². The van der Waals surface area contributed by atoms with Crippen molar-refractivity contribution in [3.05, 3.63) is 53.6 Å². The smallest absolute Gasteiger partial charge is 0.122 e. The summed E-state index contributed by atoms with van der Waals surface area (Å²) in [5.41, 5.74) is 10.2. The Hall–Kier alpha value is -2.16. The first kappa shape index (κ1) is 13.3. The quantitative estimate of drug-likeness (QED) is 0.807. The van der Waals surface area contributed by atoms with Crippen LogP contribution >= 0.6 is 0 Å². The second-order valence-electron chi connectivity index (χ2n) is 4.60. The summed E-state index contributed by atoms with van der Waals surface area (Å²) < 4.78 is 5.20. The summed E-state index contributed by atoms with van der Waals surface area (Å²) >= 11 is 0. The second-order valence-corrected chi connectivity index (χ2v) is 4.60. The molecule has 2 rings (SSSR count). The van der Waals surface area contributed by atoms with Gasteiger partial charge >= 0.3 is 0 Å². The first-order chi connectivity index (χ1) is 9.19. The largest absolute Gasteiger partial charge is 0.497 e. The maximum absolute atomic E-state index is 5.82. The zero-order valence-electron chi connectivity index (χ0n) is 11.4. The zero-order valence-corrected chi connectivity index (χ0v) is 11.4. The predicted octanol–water partition coefficient (Wildman–Crippen LogP) is 3.24. The van der Waals surface area contributed by atoms with Crippen molar-refractivity contribution in [1.82, 2.24) is 0 Å². The van der Waals surface area contributed by atoms with E-state index < -0.39 is 0 Å². The van der Waals surface area contributed by atoms with E-state index in [9.17, 15) is 0 Å². The number of hydrogen-bond acceptors (Lipinski definition) is 3. The van der Waals surface area contributed by atoms with Gasteiger partial charge in [-0.2, -0.15) is 0 Å². The van der Waals surface area contributed by atoms with E-state index in [1.165, 1.54) is 11.1 Å². The Morgan fingerprint density at radius 3 is 2.68 bits per heavy atom. The molecular weight excluding hydrogens is 236 g/mol. The SMILES string of the molecule is COc1cc(N)cc(NCCc2ccccc2C)c1. The molecule has 0 bridgehead atoms. The van der Waals surface area contributed by atoms with Gasteiger partial charge in [0, 0.05) is 30.1 Å². The van der Waals surface area contributed by atoms with E-state index in [2.05, 4.69) is 36.5 Å². The van der Waals surface area contributed by atoms with Gasteiger partial charge in [0.1, 0.15) is 5.75 Å². The monoisotopic (exact) mass is 256 g/mol. The van der Waals surface area contributed by atoms with Crippen LogP contribution in [0.3, 0.4) is 0 Å². The molecule has 2 aromatic rings. The molecule has 2 aromatic carbocycles. The first-order valence-corrected chi connectivity index (χ1v) is 6.42. The van der Waals surface area contributed by atoms with Crippen LogP contribution in [0.1, 0.15) is 11.1 Å². The number of benzene rings is 2. The maximum Gasteiger partial charge on any atom is 0.122 e. The summed E-state index contributed by atoms with van der Waals surface area (Å²) in [6, 6.07) is 14.1. The number of aryl methyl sites for hydroxylation is 1. The van der Waals surface area contributed by atoms with E-state index in [0.717, 1.165) is 24.4 Å². The Bertz CT molecular complexity index is 552. The molecule has 0 atom stereocenters. The minimum absolute atomic E-state index is 0.706. The van der Waals surface area contributed by atoms with E-state index >= 15 is 0 Å². The second kappa shape index (κ2) is 6.14. The highest BCUT2D eigenvalue weighted by atomic mass is 16.5. The van der Waals surface area contributed by atoms with Crippen LogP contribution in [0.5, 0.6) is 5.75 Å². The van der Waals surface area contributed by atoms with Crippen molar-refractivity contribution >= 4 is 11.4 Å². The average Bonchev–Trinajstić information content (AvgIpc) is 2.40. The van der Waals surface area contributed by atoms with E-state index in [0.29, 0.717) is 5.69 Å². The Labute approximate surface area is 114 Å². The predicted molar refractivity (Wildman–Crippen MR) is 80.8 cm³/mol. The van der Waals surface area contributed by atoms with E-state index in [1.54, 1.807) is 7.11 Å². The number of nitrogen functional groups attached to an aromatic ring is 1. The van der Waals surface area contributed by atoms with Crippen molar-refractivity contribution in [2.24, 2.45) is 0 Å². The topological polar surface area (TPSA) is 47.3 Å². The number of anilines is 2. The van der Waals surface area contributed by atoms with Crippen LogP contribution in [0.2, 0.25) is 0 Å². The van der Waals surface area contributed by atoms with Crippen LogP contribution in [-0.2, 0) is 6.42 Å². The molecule has 3 N–H and O–H groups in total. The van der Waals surface area contributed by atoms with Gasteiger partial charge in [0.25, 0.3) is 0 Å². The number of nitrogens with one attached hydrogen (secondary N) is 1. The summed E-state index contributed by atoms with van der Waals surface area (Å²) in [6.45, 7) is 3.01. The molecule has 0 heterocycles. The number of hydrogen-bond donors (Lipinski definition) is 2. The molecule has 19 heavy (non-hydrogen) atoms. The molecule has 0 radical (unpaired) electrons. The molecule has 0 fully saturated rings. The molecule has 0 saturated heterocycles. The van der Waals surface area contributed by atoms with Gasteiger partial charge in [0.2, 0.25) is 0 Å². The van der Waals surface area contributed by atoms with Crippen LogP contribution in [0.15, 0.2) is 42.5 Å². The van der Waals surface area contributed by atoms with E-state index in [1.807, 2.05) is 18.2 Å². The Morgan fingerprint density at radius 2 is 1.95 bits per heavy atom. The number of nitrogens with two attached hydrogens (primary N) is 1. The lowest BCUT2D eigenvalue weighted by molar-refractivity contribution is 0.415. The number of methoxy groups -OCH3 is 1. The molecule has 0 unspecified atom stereocenters. The minimum atomic E-state index is 0.706. The van der Waals surface area contributed by atoms with Crippen LogP contribution in [0, 0.1) is 6.92 Å². The molecule has 0 saturated carbocycles. The van der Waals surface area contributed by atoms with E-state index in [4.69, 9.17) is 10.5 Å².